The maximum atomic E-state index is 12.5. The fourth-order valence-electron chi connectivity index (χ4n) is 3.97. The number of hydrogen-bond donors (Lipinski definition) is 6. The van der Waals surface area contributed by atoms with Crippen LogP contribution in [0.5, 0.6) is 0 Å². The van der Waals surface area contributed by atoms with Gasteiger partial charge in [-0.25, -0.2) is 4.57 Å². The highest BCUT2D eigenvalue weighted by molar-refractivity contribution is 7.47. The Hall–Kier alpha value is -1.41. The van der Waals surface area contributed by atoms with E-state index in [2.05, 4.69) is 19.1 Å². The Kier molecular flexibility index (Phi) is 18.0. The quantitative estimate of drug-likeness (QED) is 0.0510. The average molecular weight is 599 g/mol. The molecule has 6 N–H and O–H groups in total. The summed E-state index contributed by atoms with van der Waals surface area (Å²) in [6, 6.07) is 0. The van der Waals surface area contributed by atoms with Crippen molar-refractivity contribution in [3.05, 3.63) is 12.2 Å². The van der Waals surface area contributed by atoms with Crippen LogP contribution >= 0.6 is 7.82 Å². The number of allylic oxidation sites excluding steroid dienone is 2. The van der Waals surface area contributed by atoms with Gasteiger partial charge in [0.15, 0.2) is 6.10 Å². The number of ether oxygens (including phenoxy) is 2. The molecule has 40 heavy (non-hydrogen) atoms. The van der Waals surface area contributed by atoms with Crippen LogP contribution in [0.4, 0.5) is 0 Å². The van der Waals surface area contributed by atoms with Crippen molar-refractivity contribution in [3.8, 4) is 0 Å². The maximum absolute atomic E-state index is 12.5. The zero-order chi connectivity index (χ0) is 30.1. The van der Waals surface area contributed by atoms with E-state index >= 15 is 0 Å². The third-order valence-corrected chi connectivity index (χ3v) is 7.29. The summed E-state index contributed by atoms with van der Waals surface area (Å²) in [4.78, 5) is 34.2. The fourth-order valence-corrected chi connectivity index (χ4v) is 4.94. The van der Waals surface area contributed by atoms with Crippen molar-refractivity contribution in [3.63, 3.8) is 0 Å². The summed E-state index contributed by atoms with van der Waals surface area (Å²) < 4.78 is 32.4. The molecular weight excluding hydrogens is 551 g/mol. The van der Waals surface area contributed by atoms with Crippen LogP contribution in [0.2, 0.25) is 0 Å². The van der Waals surface area contributed by atoms with Crippen LogP contribution in [0.3, 0.4) is 0 Å². The normalized spacial score (nSPS) is 27.3. The van der Waals surface area contributed by atoms with Crippen LogP contribution in [0.25, 0.3) is 0 Å². The highest BCUT2D eigenvalue weighted by Crippen LogP contribution is 2.47. The summed E-state index contributed by atoms with van der Waals surface area (Å²) in [7, 11) is -5.07. The van der Waals surface area contributed by atoms with Gasteiger partial charge < -0.3 is 39.9 Å². The molecule has 1 aliphatic carbocycles. The van der Waals surface area contributed by atoms with Crippen molar-refractivity contribution in [2.75, 3.05) is 13.2 Å². The summed E-state index contributed by atoms with van der Waals surface area (Å²) in [6.45, 7) is 2.71. The van der Waals surface area contributed by atoms with Gasteiger partial charge in [0.25, 0.3) is 0 Å². The molecular formula is C26H47O13P. The van der Waals surface area contributed by atoms with E-state index in [4.69, 9.17) is 18.5 Å². The lowest BCUT2D eigenvalue weighted by Crippen LogP contribution is -2.64. The minimum absolute atomic E-state index is 0.0850. The van der Waals surface area contributed by atoms with E-state index in [0.29, 0.717) is 12.8 Å². The highest BCUT2D eigenvalue weighted by atomic mass is 31.2. The molecule has 0 heterocycles. The number of carbonyl (C=O) groups is 2. The summed E-state index contributed by atoms with van der Waals surface area (Å²) in [5.41, 5.74) is 0. The van der Waals surface area contributed by atoms with Gasteiger partial charge in [0.05, 0.1) is 6.61 Å². The molecule has 0 aromatic heterocycles. The molecule has 0 saturated heterocycles. The first kappa shape index (κ1) is 36.6. The van der Waals surface area contributed by atoms with Crippen molar-refractivity contribution in [2.45, 2.75) is 127 Å². The Balaban J connectivity index is 2.58. The van der Waals surface area contributed by atoms with Crippen LogP contribution in [-0.4, -0.2) is 98.3 Å². The number of aliphatic hydroxyl groups is 5. The number of carbonyl (C=O) groups excluding carboxylic acids is 2. The van der Waals surface area contributed by atoms with Crippen molar-refractivity contribution in [1.82, 2.24) is 0 Å². The molecule has 1 saturated carbocycles. The molecule has 0 aromatic carbocycles. The van der Waals surface area contributed by atoms with Crippen molar-refractivity contribution in [2.24, 2.45) is 0 Å². The average Bonchev–Trinajstić information content (AvgIpc) is 2.91. The largest absolute Gasteiger partial charge is 0.472 e. The predicted molar refractivity (Wildman–Crippen MR) is 143 cm³/mol. The van der Waals surface area contributed by atoms with E-state index in [9.17, 15) is 44.6 Å². The standard InChI is InChI=1S/C26H47O13P/c1-3-5-6-7-8-9-10-11-12-13-15-20(28)38-18(16-36-19(27)14-4-2)17-37-40(34,35)39-26-24(32)22(30)21(29)23(31)25(26)33/h6-7,18,21-26,29-33H,3-5,8-17H2,1-2H3,(H,34,35)/b7-6-. The molecule has 1 rings (SSSR count). The SMILES string of the molecule is CCC/C=C\CCCCCCCC(=O)OC(COC(=O)CCC)COP(=O)(O)OC1C(O)C(O)C(O)C(O)C1O. The van der Waals surface area contributed by atoms with E-state index in [1.165, 1.54) is 0 Å². The molecule has 0 aliphatic heterocycles. The zero-order valence-electron chi connectivity index (χ0n) is 23.4. The van der Waals surface area contributed by atoms with Gasteiger partial charge in [0, 0.05) is 12.8 Å². The van der Waals surface area contributed by atoms with E-state index < -0.39 is 75.7 Å². The number of phosphoric acid groups is 1. The van der Waals surface area contributed by atoms with Gasteiger partial charge in [-0.1, -0.05) is 51.7 Å². The first-order chi connectivity index (χ1) is 18.9. The Morgan fingerprint density at radius 2 is 1.32 bits per heavy atom. The molecule has 0 amide bonds. The van der Waals surface area contributed by atoms with Crippen LogP contribution in [0, 0.1) is 0 Å². The number of unbranched alkanes of at least 4 members (excludes halogenated alkanes) is 6. The lowest BCUT2D eigenvalue weighted by Gasteiger charge is -2.41. The molecule has 1 fully saturated rings. The maximum Gasteiger partial charge on any atom is 0.472 e. The Labute approximate surface area is 235 Å². The second kappa shape index (κ2) is 19.7. The monoisotopic (exact) mass is 598 g/mol. The number of rotatable bonds is 20. The minimum Gasteiger partial charge on any atom is -0.462 e. The molecule has 0 spiro atoms. The van der Waals surface area contributed by atoms with Gasteiger partial charge in [0.1, 0.15) is 43.2 Å². The van der Waals surface area contributed by atoms with Crippen molar-refractivity contribution in [1.29, 1.82) is 0 Å². The Morgan fingerprint density at radius 1 is 0.750 bits per heavy atom. The topological polar surface area (TPSA) is 210 Å². The van der Waals surface area contributed by atoms with E-state index in [0.717, 1.165) is 44.9 Å². The third-order valence-electron chi connectivity index (χ3n) is 6.31. The number of phosphoric ester groups is 1. The molecule has 13 nitrogen and oxygen atoms in total. The van der Waals surface area contributed by atoms with Crippen molar-refractivity contribution < 1.29 is 63.1 Å². The van der Waals surface area contributed by atoms with Crippen molar-refractivity contribution >= 4 is 19.8 Å². The summed E-state index contributed by atoms with van der Waals surface area (Å²) in [5, 5.41) is 49.2. The summed E-state index contributed by atoms with van der Waals surface area (Å²) in [6.07, 6.45) is -0.377. The third kappa shape index (κ3) is 14.0. The lowest BCUT2D eigenvalue weighted by molar-refractivity contribution is -0.220. The van der Waals surface area contributed by atoms with Crippen LogP contribution in [0.15, 0.2) is 12.2 Å². The molecule has 14 heteroatoms. The van der Waals surface area contributed by atoms with E-state index in [-0.39, 0.29) is 12.8 Å². The molecule has 0 bridgehead atoms. The van der Waals surface area contributed by atoms with Gasteiger partial charge in [-0.2, -0.15) is 0 Å². The Morgan fingerprint density at radius 3 is 1.95 bits per heavy atom. The predicted octanol–water partition coefficient (Wildman–Crippen LogP) is 1.65. The number of aliphatic hydroxyl groups excluding tert-OH is 5. The van der Waals surface area contributed by atoms with Gasteiger partial charge in [0.2, 0.25) is 0 Å². The highest BCUT2D eigenvalue weighted by Gasteiger charge is 2.51. The molecule has 6 atom stereocenters. The second-order valence-electron chi connectivity index (χ2n) is 9.90. The first-order valence-electron chi connectivity index (χ1n) is 14.0. The van der Waals surface area contributed by atoms with E-state index in [1.54, 1.807) is 6.92 Å². The molecule has 0 radical (unpaired) electrons. The van der Waals surface area contributed by atoms with Gasteiger partial charge in [-0.15, -0.1) is 0 Å². The molecule has 1 aliphatic rings. The second-order valence-corrected chi connectivity index (χ2v) is 11.3. The van der Waals surface area contributed by atoms with Crippen LogP contribution in [-0.2, 0) is 32.7 Å². The van der Waals surface area contributed by atoms with Gasteiger partial charge in [-0.3, -0.25) is 18.6 Å². The fraction of sp³-hybridized carbons (Fsp3) is 0.846. The van der Waals surface area contributed by atoms with E-state index in [1.807, 2.05) is 0 Å². The molecule has 234 valence electrons. The number of esters is 2. The summed E-state index contributed by atoms with van der Waals surface area (Å²) in [5.74, 6) is -1.18. The zero-order valence-corrected chi connectivity index (χ0v) is 24.3. The van der Waals surface area contributed by atoms with Crippen LogP contribution < -0.4 is 0 Å². The molecule has 6 unspecified atom stereocenters. The lowest BCUT2D eigenvalue weighted by atomic mass is 9.85. The number of hydrogen-bond acceptors (Lipinski definition) is 12. The minimum atomic E-state index is -5.07. The summed E-state index contributed by atoms with van der Waals surface area (Å²) >= 11 is 0. The molecule has 0 aromatic rings. The van der Waals surface area contributed by atoms with Gasteiger partial charge >= 0.3 is 19.8 Å². The van der Waals surface area contributed by atoms with Gasteiger partial charge in [-0.05, 0) is 32.1 Å². The smallest absolute Gasteiger partial charge is 0.462 e. The first-order valence-corrected chi connectivity index (χ1v) is 15.5. The Bertz CT molecular complexity index is 791. The van der Waals surface area contributed by atoms with Crippen LogP contribution in [0.1, 0.15) is 84.5 Å².